The number of aryl methyl sites for hydroxylation is 1. The maximum atomic E-state index is 12.2. The van der Waals surface area contributed by atoms with Crippen LogP contribution in [0.25, 0.3) is 0 Å². The first-order chi connectivity index (χ1) is 8.71. The number of aliphatic hydroxyl groups excluding tert-OH is 1. The van der Waals surface area contributed by atoms with Gasteiger partial charge in [0.1, 0.15) is 5.02 Å². The van der Waals surface area contributed by atoms with E-state index in [0.717, 1.165) is 10.4 Å². The number of likely N-dealkylation sites (N-methyl/N-ethyl adjacent to an activating group) is 1. The van der Waals surface area contributed by atoms with Gasteiger partial charge in [-0.1, -0.05) is 11.6 Å². The molecule has 0 spiro atoms. The molecule has 0 fully saturated rings. The van der Waals surface area contributed by atoms with Gasteiger partial charge in [0.05, 0.1) is 16.4 Å². The summed E-state index contributed by atoms with van der Waals surface area (Å²) in [4.78, 5) is 9.84. The van der Waals surface area contributed by atoms with Crippen LogP contribution in [0.5, 0.6) is 0 Å². The molecule has 1 aromatic rings. The number of aliphatic hydroxyl groups is 1. The predicted octanol–water partition coefficient (Wildman–Crippen LogP) is 1.17. The van der Waals surface area contributed by atoms with Crippen molar-refractivity contribution in [2.24, 2.45) is 0 Å². The van der Waals surface area contributed by atoms with E-state index in [1.54, 1.807) is 0 Å². The van der Waals surface area contributed by atoms with E-state index < -0.39 is 20.6 Å². The molecule has 0 heterocycles. The Bertz CT molecular complexity index is 602. The molecule has 0 aromatic heterocycles. The standard InChI is InChI=1S/C10H13ClN2O5S/c1-7-5-8(11)9(13(15)16)6-10(7)19(17,18)12(2)3-4-14/h5-6,14H,3-4H2,1-2H3. The minimum Gasteiger partial charge on any atom is -0.395 e. The Morgan fingerprint density at radius 1 is 1.47 bits per heavy atom. The van der Waals surface area contributed by atoms with Crippen LogP contribution >= 0.6 is 11.6 Å². The molecule has 0 aliphatic heterocycles. The third kappa shape index (κ3) is 3.21. The molecule has 0 saturated carbocycles. The number of nitrogens with zero attached hydrogens (tertiary/aromatic N) is 2. The monoisotopic (exact) mass is 308 g/mol. The van der Waals surface area contributed by atoms with Gasteiger partial charge in [-0.2, -0.15) is 4.31 Å². The summed E-state index contributed by atoms with van der Waals surface area (Å²) in [7, 11) is -2.61. The van der Waals surface area contributed by atoms with Gasteiger partial charge in [-0.05, 0) is 18.6 Å². The van der Waals surface area contributed by atoms with E-state index in [-0.39, 0.29) is 23.1 Å². The zero-order valence-electron chi connectivity index (χ0n) is 10.3. The number of halogens is 1. The van der Waals surface area contributed by atoms with Crippen molar-refractivity contribution >= 4 is 27.3 Å². The molecule has 1 aromatic carbocycles. The van der Waals surface area contributed by atoms with Gasteiger partial charge in [0, 0.05) is 19.7 Å². The van der Waals surface area contributed by atoms with Crippen molar-refractivity contribution in [2.75, 3.05) is 20.2 Å². The molecule has 0 amide bonds. The van der Waals surface area contributed by atoms with Crippen LogP contribution in [-0.2, 0) is 10.0 Å². The highest BCUT2D eigenvalue weighted by molar-refractivity contribution is 7.89. The van der Waals surface area contributed by atoms with Gasteiger partial charge in [-0.15, -0.1) is 0 Å². The first-order valence-corrected chi connectivity index (χ1v) is 7.05. The maximum Gasteiger partial charge on any atom is 0.289 e. The number of nitro groups is 1. The summed E-state index contributed by atoms with van der Waals surface area (Å²) < 4.78 is 25.3. The highest BCUT2D eigenvalue weighted by Crippen LogP contribution is 2.31. The fraction of sp³-hybridized carbons (Fsp3) is 0.400. The van der Waals surface area contributed by atoms with Crippen molar-refractivity contribution in [1.29, 1.82) is 0 Å². The van der Waals surface area contributed by atoms with Gasteiger partial charge >= 0.3 is 0 Å². The van der Waals surface area contributed by atoms with Crippen LogP contribution < -0.4 is 0 Å². The lowest BCUT2D eigenvalue weighted by atomic mass is 10.2. The molecule has 0 radical (unpaired) electrons. The minimum atomic E-state index is -3.89. The summed E-state index contributed by atoms with van der Waals surface area (Å²) >= 11 is 5.70. The first-order valence-electron chi connectivity index (χ1n) is 5.23. The fourth-order valence-electron chi connectivity index (χ4n) is 1.49. The minimum absolute atomic E-state index is 0.0990. The first kappa shape index (κ1) is 15.8. The second-order valence-electron chi connectivity index (χ2n) is 3.88. The summed E-state index contributed by atoms with van der Waals surface area (Å²) in [6.45, 7) is 1.05. The quantitative estimate of drug-likeness (QED) is 0.650. The van der Waals surface area contributed by atoms with E-state index in [4.69, 9.17) is 16.7 Å². The number of hydrogen-bond acceptors (Lipinski definition) is 5. The molecule has 19 heavy (non-hydrogen) atoms. The lowest BCUT2D eigenvalue weighted by molar-refractivity contribution is -0.384. The van der Waals surface area contributed by atoms with Crippen molar-refractivity contribution < 1.29 is 18.4 Å². The Hall–Kier alpha value is -1.22. The number of hydrogen-bond donors (Lipinski definition) is 1. The van der Waals surface area contributed by atoms with E-state index in [9.17, 15) is 18.5 Å². The molecule has 0 aliphatic rings. The molecular weight excluding hydrogens is 296 g/mol. The summed E-state index contributed by atoms with van der Waals surface area (Å²) in [5.41, 5.74) is -0.163. The van der Waals surface area contributed by atoms with Crippen molar-refractivity contribution in [2.45, 2.75) is 11.8 Å². The maximum absolute atomic E-state index is 12.2. The fourth-order valence-corrected chi connectivity index (χ4v) is 3.16. The van der Waals surface area contributed by atoms with E-state index in [1.165, 1.54) is 20.0 Å². The highest BCUT2D eigenvalue weighted by Gasteiger charge is 2.26. The van der Waals surface area contributed by atoms with Crippen LogP contribution in [0.1, 0.15) is 5.56 Å². The normalized spacial score (nSPS) is 11.8. The molecule has 0 unspecified atom stereocenters. The van der Waals surface area contributed by atoms with Crippen LogP contribution in [0.3, 0.4) is 0 Å². The highest BCUT2D eigenvalue weighted by atomic mass is 35.5. The van der Waals surface area contributed by atoms with Gasteiger partial charge < -0.3 is 5.11 Å². The molecule has 0 aliphatic carbocycles. The average molecular weight is 309 g/mol. The number of nitro benzene ring substituents is 1. The second kappa shape index (κ2) is 5.83. The van der Waals surface area contributed by atoms with E-state index in [0.29, 0.717) is 5.56 Å². The molecule has 1 rings (SSSR count). The molecule has 106 valence electrons. The van der Waals surface area contributed by atoms with Crippen molar-refractivity contribution in [3.63, 3.8) is 0 Å². The van der Waals surface area contributed by atoms with Gasteiger partial charge in [-0.25, -0.2) is 8.42 Å². The van der Waals surface area contributed by atoms with E-state index in [1.807, 2.05) is 0 Å². The third-order valence-corrected chi connectivity index (χ3v) is 4.85. The topological polar surface area (TPSA) is 101 Å². The predicted molar refractivity (Wildman–Crippen MR) is 69.7 cm³/mol. The molecule has 0 atom stereocenters. The Balaban J connectivity index is 3.43. The zero-order chi connectivity index (χ0) is 14.8. The van der Waals surface area contributed by atoms with Crippen molar-refractivity contribution in [1.82, 2.24) is 4.31 Å². The lowest BCUT2D eigenvalue weighted by Gasteiger charge is -2.17. The van der Waals surface area contributed by atoms with Gasteiger partial charge in [0.25, 0.3) is 5.69 Å². The lowest BCUT2D eigenvalue weighted by Crippen LogP contribution is -2.30. The number of sulfonamides is 1. The SMILES string of the molecule is Cc1cc(Cl)c([N+](=O)[O-])cc1S(=O)(=O)N(C)CCO. The van der Waals surface area contributed by atoms with Crippen LogP contribution in [0, 0.1) is 17.0 Å². The zero-order valence-corrected chi connectivity index (χ0v) is 11.9. The molecule has 0 saturated heterocycles. The Labute approximate surface area is 115 Å². The van der Waals surface area contributed by atoms with Gasteiger partial charge in [0.2, 0.25) is 10.0 Å². The summed E-state index contributed by atoms with van der Waals surface area (Å²) in [5, 5.41) is 19.4. The summed E-state index contributed by atoms with van der Waals surface area (Å²) in [5.74, 6) is 0. The van der Waals surface area contributed by atoms with E-state index >= 15 is 0 Å². The average Bonchev–Trinajstić information content (AvgIpc) is 2.28. The molecule has 7 nitrogen and oxygen atoms in total. The Kier molecular flexibility index (Phi) is 4.86. The molecule has 1 N–H and O–H groups in total. The second-order valence-corrected chi connectivity index (χ2v) is 6.30. The largest absolute Gasteiger partial charge is 0.395 e. The third-order valence-electron chi connectivity index (χ3n) is 2.54. The van der Waals surface area contributed by atoms with Gasteiger partial charge in [-0.3, -0.25) is 10.1 Å². The number of rotatable bonds is 5. The van der Waals surface area contributed by atoms with Crippen LogP contribution in [0.4, 0.5) is 5.69 Å². The van der Waals surface area contributed by atoms with Crippen LogP contribution in [0.2, 0.25) is 5.02 Å². The Morgan fingerprint density at radius 3 is 2.53 bits per heavy atom. The van der Waals surface area contributed by atoms with Crippen molar-refractivity contribution in [3.05, 3.63) is 32.8 Å². The van der Waals surface area contributed by atoms with Crippen molar-refractivity contribution in [3.8, 4) is 0 Å². The van der Waals surface area contributed by atoms with E-state index in [2.05, 4.69) is 0 Å². The van der Waals surface area contributed by atoms with Crippen LogP contribution in [-0.4, -0.2) is 43.0 Å². The Morgan fingerprint density at radius 2 is 2.05 bits per heavy atom. The smallest absolute Gasteiger partial charge is 0.289 e. The summed E-state index contributed by atoms with van der Waals surface area (Å²) in [6.07, 6.45) is 0. The molecule has 9 heteroatoms. The van der Waals surface area contributed by atoms with Gasteiger partial charge in [0.15, 0.2) is 0 Å². The molecular formula is C10H13ClN2O5S. The molecule has 0 bridgehead atoms. The summed E-state index contributed by atoms with van der Waals surface area (Å²) in [6, 6.07) is 2.17. The number of benzene rings is 1. The van der Waals surface area contributed by atoms with Crippen LogP contribution in [0.15, 0.2) is 17.0 Å².